The van der Waals surface area contributed by atoms with Gasteiger partial charge in [-0.15, -0.1) is 0 Å². The van der Waals surface area contributed by atoms with Gasteiger partial charge in [0.1, 0.15) is 6.54 Å². The Morgan fingerprint density at radius 1 is 0.933 bits per heavy atom. The van der Waals surface area contributed by atoms with E-state index in [2.05, 4.69) is 15.4 Å². The predicted molar refractivity (Wildman–Crippen MR) is 111 cm³/mol. The van der Waals surface area contributed by atoms with Crippen molar-refractivity contribution in [3.8, 4) is 0 Å². The lowest BCUT2D eigenvalue weighted by atomic mass is 10.2. The lowest BCUT2D eigenvalue weighted by Gasteiger charge is -2.14. The minimum absolute atomic E-state index is 0.0226. The maximum atomic E-state index is 12.2. The third kappa shape index (κ3) is 6.98. The molecular weight excluding hydrogens is 410 g/mol. The van der Waals surface area contributed by atoms with Crippen LogP contribution in [0.1, 0.15) is 19.4 Å². The number of esters is 1. The summed E-state index contributed by atoms with van der Waals surface area (Å²) in [6.45, 7) is 3.96. The predicted octanol–water partition coefficient (Wildman–Crippen LogP) is 1.80. The van der Waals surface area contributed by atoms with Crippen molar-refractivity contribution in [1.29, 1.82) is 0 Å². The average molecular weight is 433 g/mol. The number of carbonyl (C=O) groups is 3. The van der Waals surface area contributed by atoms with Gasteiger partial charge < -0.3 is 15.4 Å². The van der Waals surface area contributed by atoms with Crippen LogP contribution in [0.3, 0.4) is 0 Å². The van der Waals surface area contributed by atoms with Gasteiger partial charge in [-0.25, -0.2) is 8.42 Å². The van der Waals surface area contributed by atoms with E-state index in [-0.39, 0.29) is 10.8 Å². The molecular formula is C20H23N3O6S. The minimum atomic E-state index is -3.87. The molecule has 0 aliphatic heterocycles. The fourth-order valence-electron chi connectivity index (χ4n) is 2.33. The number of amides is 2. The molecule has 30 heavy (non-hydrogen) atoms. The minimum Gasteiger partial charge on any atom is -0.452 e. The normalized spacial score (nSPS) is 12.0. The number of hydrogen-bond acceptors (Lipinski definition) is 6. The maximum Gasteiger partial charge on any atom is 0.321 e. The van der Waals surface area contributed by atoms with E-state index >= 15 is 0 Å². The van der Waals surface area contributed by atoms with E-state index in [9.17, 15) is 22.8 Å². The molecule has 0 heterocycles. The summed E-state index contributed by atoms with van der Waals surface area (Å²) in [5, 5.41) is 5.16. The molecule has 10 heteroatoms. The number of aryl methyl sites for hydroxylation is 1. The molecule has 0 unspecified atom stereocenters. The monoisotopic (exact) mass is 433 g/mol. The van der Waals surface area contributed by atoms with Crippen LogP contribution in [0.4, 0.5) is 11.4 Å². The highest BCUT2D eigenvalue weighted by Crippen LogP contribution is 2.14. The number of sulfonamides is 1. The molecule has 9 nitrogen and oxygen atoms in total. The fraction of sp³-hybridized carbons (Fsp3) is 0.250. The summed E-state index contributed by atoms with van der Waals surface area (Å²) in [7, 11) is -3.87. The van der Waals surface area contributed by atoms with E-state index in [0.29, 0.717) is 11.4 Å². The Labute approximate surface area is 174 Å². The van der Waals surface area contributed by atoms with Crippen molar-refractivity contribution < 1.29 is 27.5 Å². The van der Waals surface area contributed by atoms with Gasteiger partial charge in [0.2, 0.25) is 15.9 Å². The highest BCUT2D eigenvalue weighted by molar-refractivity contribution is 7.89. The Hall–Kier alpha value is -3.24. The number of anilines is 2. The molecule has 2 aromatic carbocycles. The van der Waals surface area contributed by atoms with Gasteiger partial charge in [-0.1, -0.05) is 17.7 Å². The van der Waals surface area contributed by atoms with Gasteiger partial charge in [-0.2, -0.15) is 4.72 Å². The SMILES string of the molecule is CC(=O)Nc1ccc(NC(=O)[C@@H](C)OC(=O)CNS(=O)(=O)c2ccc(C)cc2)cc1. The molecule has 3 N–H and O–H groups in total. The fourth-order valence-corrected chi connectivity index (χ4v) is 3.30. The summed E-state index contributed by atoms with van der Waals surface area (Å²) in [4.78, 5) is 35.1. The van der Waals surface area contributed by atoms with Crippen molar-refractivity contribution in [1.82, 2.24) is 4.72 Å². The van der Waals surface area contributed by atoms with Crippen molar-refractivity contribution >= 4 is 39.2 Å². The Morgan fingerprint density at radius 2 is 1.47 bits per heavy atom. The van der Waals surface area contributed by atoms with E-state index in [4.69, 9.17) is 4.74 Å². The smallest absolute Gasteiger partial charge is 0.321 e. The summed E-state index contributed by atoms with van der Waals surface area (Å²) in [5.74, 6) is -1.70. The molecule has 1 atom stereocenters. The largest absolute Gasteiger partial charge is 0.452 e. The zero-order valence-corrected chi connectivity index (χ0v) is 17.6. The van der Waals surface area contributed by atoms with Gasteiger partial charge >= 0.3 is 5.97 Å². The molecule has 2 amide bonds. The van der Waals surface area contributed by atoms with Crippen LogP contribution in [-0.2, 0) is 29.1 Å². The van der Waals surface area contributed by atoms with E-state index in [1.54, 1.807) is 36.4 Å². The lowest BCUT2D eigenvalue weighted by molar-refractivity contribution is -0.151. The Morgan fingerprint density at radius 3 is 2.00 bits per heavy atom. The standard InChI is InChI=1S/C20H23N3O6S/c1-13-4-10-18(11-5-13)30(27,28)21-12-19(25)29-14(2)20(26)23-17-8-6-16(7-9-17)22-15(3)24/h4-11,14,21H,12H2,1-3H3,(H,22,24)(H,23,26)/t14-/m1/s1. The van der Waals surface area contributed by atoms with E-state index in [1.807, 2.05) is 6.92 Å². The van der Waals surface area contributed by atoms with Gasteiger partial charge in [0.05, 0.1) is 4.90 Å². The first-order valence-corrected chi connectivity index (χ1v) is 10.5. The second kappa shape index (κ2) is 9.99. The number of ether oxygens (including phenoxy) is 1. The first kappa shape index (κ1) is 23.0. The van der Waals surface area contributed by atoms with Crippen LogP contribution in [-0.4, -0.2) is 38.9 Å². The van der Waals surface area contributed by atoms with Crippen LogP contribution < -0.4 is 15.4 Å². The highest BCUT2D eigenvalue weighted by Gasteiger charge is 2.20. The van der Waals surface area contributed by atoms with E-state index in [0.717, 1.165) is 5.56 Å². The second-order valence-electron chi connectivity index (χ2n) is 6.52. The third-order valence-electron chi connectivity index (χ3n) is 3.89. The first-order valence-electron chi connectivity index (χ1n) is 9.01. The molecule has 0 spiro atoms. The molecule has 0 saturated heterocycles. The Bertz CT molecular complexity index is 1020. The number of benzene rings is 2. The van der Waals surface area contributed by atoms with Gasteiger partial charge in [0.15, 0.2) is 6.10 Å². The molecule has 0 aliphatic rings. The summed E-state index contributed by atoms with van der Waals surface area (Å²) in [6.07, 6.45) is -1.14. The first-order chi connectivity index (χ1) is 14.1. The Balaban J connectivity index is 1.85. The van der Waals surface area contributed by atoms with Crippen LogP contribution >= 0.6 is 0 Å². The Kier molecular flexibility index (Phi) is 7.67. The van der Waals surface area contributed by atoms with Crippen LogP contribution in [0.25, 0.3) is 0 Å². The molecule has 0 aromatic heterocycles. The van der Waals surface area contributed by atoms with Crippen molar-refractivity contribution in [3.63, 3.8) is 0 Å². The molecule has 0 saturated carbocycles. The molecule has 2 aromatic rings. The quantitative estimate of drug-likeness (QED) is 0.544. The number of rotatable bonds is 8. The third-order valence-corrected chi connectivity index (χ3v) is 5.31. The lowest BCUT2D eigenvalue weighted by Crippen LogP contribution is -2.35. The van der Waals surface area contributed by atoms with Crippen LogP contribution in [0.5, 0.6) is 0 Å². The zero-order chi connectivity index (χ0) is 22.3. The number of hydrogen-bond donors (Lipinski definition) is 3. The zero-order valence-electron chi connectivity index (χ0n) is 16.8. The van der Waals surface area contributed by atoms with Gasteiger partial charge in [-0.3, -0.25) is 14.4 Å². The molecule has 0 aliphatic carbocycles. The van der Waals surface area contributed by atoms with Gasteiger partial charge in [-0.05, 0) is 50.2 Å². The molecule has 0 fully saturated rings. The molecule has 0 bridgehead atoms. The number of carbonyl (C=O) groups excluding carboxylic acids is 3. The van der Waals surface area contributed by atoms with E-state index < -0.39 is 34.5 Å². The topological polar surface area (TPSA) is 131 Å². The molecule has 2 rings (SSSR count). The maximum absolute atomic E-state index is 12.2. The highest BCUT2D eigenvalue weighted by atomic mass is 32.2. The molecule has 0 radical (unpaired) electrons. The van der Waals surface area contributed by atoms with Gasteiger partial charge in [0.25, 0.3) is 5.91 Å². The van der Waals surface area contributed by atoms with Crippen LogP contribution in [0.15, 0.2) is 53.4 Å². The average Bonchev–Trinajstić information content (AvgIpc) is 2.68. The van der Waals surface area contributed by atoms with Crippen molar-refractivity contribution in [2.45, 2.75) is 31.8 Å². The van der Waals surface area contributed by atoms with E-state index in [1.165, 1.54) is 26.0 Å². The summed E-state index contributed by atoms with van der Waals surface area (Å²) in [5.41, 5.74) is 1.91. The summed E-state index contributed by atoms with van der Waals surface area (Å²) in [6, 6.07) is 12.5. The van der Waals surface area contributed by atoms with Crippen molar-refractivity contribution in [2.24, 2.45) is 0 Å². The van der Waals surface area contributed by atoms with Gasteiger partial charge in [0, 0.05) is 18.3 Å². The second-order valence-corrected chi connectivity index (χ2v) is 8.28. The van der Waals surface area contributed by atoms with Crippen LogP contribution in [0.2, 0.25) is 0 Å². The summed E-state index contributed by atoms with van der Waals surface area (Å²) >= 11 is 0. The summed E-state index contributed by atoms with van der Waals surface area (Å²) < 4.78 is 31.5. The molecule has 160 valence electrons. The van der Waals surface area contributed by atoms with Crippen molar-refractivity contribution in [3.05, 3.63) is 54.1 Å². The number of nitrogens with one attached hydrogen (secondary N) is 3. The van der Waals surface area contributed by atoms with Crippen LogP contribution in [0, 0.1) is 6.92 Å². The van der Waals surface area contributed by atoms with Crippen molar-refractivity contribution in [2.75, 3.05) is 17.2 Å².